The molecule has 1 saturated carbocycles. The van der Waals surface area contributed by atoms with Crippen molar-refractivity contribution in [3.05, 3.63) is 0 Å². The normalized spacial score (nSPS) is 36.1. The average Bonchev–Trinajstić information content (AvgIpc) is 2.02. The molecule has 0 heterocycles. The van der Waals surface area contributed by atoms with Crippen molar-refractivity contribution in [3.63, 3.8) is 0 Å². The first-order chi connectivity index (χ1) is 5.58. The largest absolute Gasteiger partial charge is 0.325 e. The second-order valence-corrected chi connectivity index (χ2v) is 3.81. The molecule has 1 fully saturated rings. The first-order valence-corrected chi connectivity index (χ1v) is 4.37. The fourth-order valence-corrected chi connectivity index (χ4v) is 1.89. The molecule has 1 aliphatic carbocycles. The van der Waals surface area contributed by atoms with Crippen molar-refractivity contribution in [2.45, 2.75) is 38.1 Å². The first-order valence-electron chi connectivity index (χ1n) is 4.37. The number of hydrazine groups is 1. The summed E-state index contributed by atoms with van der Waals surface area (Å²) in [5.74, 6) is 4.83. The van der Waals surface area contributed by atoms with Gasteiger partial charge in [0.05, 0.1) is 5.92 Å². The molecule has 1 aliphatic rings. The fourth-order valence-electron chi connectivity index (χ4n) is 1.89. The lowest BCUT2D eigenvalue weighted by Gasteiger charge is -2.36. The summed E-state index contributed by atoms with van der Waals surface area (Å²) < 4.78 is 0. The molecule has 0 aromatic carbocycles. The number of hydrogen-bond donors (Lipinski definition) is 3. The zero-order valence-corrected chi connectivity index (χ0v) is 7.47. The maximum absolute atomic E-state index is 11.3. The molecule has 4 nitrogen and oxygen atoms in total. The molecule has 0 saturated heterocycles. The number of rotatable bonds is 1. The Balaban J connectivity index is 2.66. The monoisotopic (exact) mass is 171 g/mol. The maximum Gasteiger partial charge on any atom is 0.238 e. The lowest BCUT2D eigenvalue weighted by molar-refractivity contribution is -0.128. The molecule has 0 spiro atoms. The van der Waals surface area contributed by atoms with Gasteiger partial charge >= 0.3 is 0 Å². The van der Waals surface area contributed by atoms with E-state index < -0.39 is 0 Å². The predicted octanol–water partition coefficient (Wildman–Crippen LogP) is -0.116. The minimum Gasteiger partial charge on any atom is -0.325 e. The third kappa shape index (κ3) is 1.76. The number of carbonyl (C=O) groups excluding carboxylic acids is 1. The van der Waals surface area contributed by atoms with Gasteiger partial charge in [-0.15, -0.1) is 0 Å². The summed E-state index contributed by atoms with van der Waals surface area (Å²) in [4.78, 5) is 11.3. The molecule has 2 atom stereocenters. The second-order valence-electron chi connectivity index (χ2n) is 3.81. The van der Waals surface area contributed by atoms with E-state index in [9.17, 15) is 4.79 Å². The summed E-state index contributed by atoms with van der Waals surface area (Å²) in [6, 6.07) is 0. The van der Waals surface area contributed by atoms with E-state index in [0.717, 1.165) is 25.7 Å². The highest BCUT2D eigenvalue weighted by Gasteiger charge is 2.37. The average molecular weight is 171 g/mol. The Morgan fingerprint density at radius 2 is 2.25 bits per heavy atom. The summed E-state index contributed by atoms with van der Waals surface area (Å²) in [5.41, 5.74) is 7.78. The summed E-state index contributed by atoms with van der Waals surface area (Å²) >= 11 is 0. The van der Waals surface area contributed by atoms with Gasteiger partial charge in [0.25, 0.3) is 0 Å². The second kappa shape index (κ2) is 3.41. The summed E-state index contributed by atoms with van der Waals surface area (Å²) in [6.07, 6.45) is 3.95. The molecule has 1 rings (SSSR count). The number of nitrogens with one attached hydrogen (secondary N) is 1. The van der Waals surface area contributed by atoms with Gasteiger partial charge < -0.3 is 5.73 Å². The van der Waals surface area contributed by atoms with Crippen LogP contribution in [0.4, 0.5) is 0 Å². The van der Waals surface area contributed by atoms with Crippen LogP contribution in [0.25, 0.3) is 0 Å². The van der Waals surface area contributed by atoms with E-state index in [0.29, 0.717) is 0 Å². The number of carbonyl (C=O) groups is 1. The highest BCUT2D eigenvalue weighted by molar-refractivity contribution is 5.79. The van der Waals surface area contributed by atoms with E-state index in [2.05, 4.69) is 5.43 Å². The van der Waals surface area contributed by atoms with Crippen LogP contribution in [0.2, 0.25) is 0 Å². The first kappa shape index (κ1) is 9.48. The smallest absolute Gasteiger partial charge is 0.238 e. The Morgan fingerprint density at radius 3 is 2.75 bits per heavy atom. The molecule has 0 radical (unpaired) electrons. The zero-order chi connectivity index (χ0) is 9.19. The van der Waals surface area contributed by atoms with Gasteiger partial charge in [-0.05, 0) is 19.8 Å². The Kier molecular flexibility index (Phi) is 2.69. The molecule has 12 heavy (non-hydrogen) atoms. The molecule has 0 aromatic heterocycles. The zero-order valence-electron chi connectivity index (χ0n) is 7.47. The van der Waals surface area contributed by atoms with Crippen LogP contribution < -0.4 is 17.0 Å². The summed E-state index contributed by atoms with van der Waals surface area (Å²) in [7, 11) is 0. The van der Waals surface area contributed by atoms with Gasteiger partial charge in [-0.2, -0.15) is 0 Å². The molecule has 0 aromatic rings. The fraction of sp³-hybridized carbons (Fsp3) is 0.875. The minimum atomic E-state index is -0.373. The summed E-state index contributed by atoms with van der Waals surface area (Å²) in [5, 5.41) is 0. The van der Waals surface area contributed by atoms with Crippen LogP contribution >= 0.6 is 0 Å². The molecule has 4 heteroatoms. The molecule has 0 aliphatic heterocycles. The van der Waals surface area contributed by atoms with Gasteiger partial charge in [-0.1, -0.05) is 12.8 Å². The summed E-state index contributed by atoms with van der Waals surface area (Å²) in [6.45, 7) is 1.92. The number of hydrogen-bond acceptors (Lipinski definition) is 3. The van der Waals surface area contributed by atoms with Crippen molar-refractivity contribution in [2.24, 2.45) is 17.5 Å². The number of nitrogens with two attached hydrogens (primary N) is 2. The lowest BCUT2D eigenvalue weighted by Crippen LogP contribution is -2.54. The predicted molar refractivity (Wildman–Crippen MR) is 46.9 cm³/mol. The van der Waals surface area contributed by atoms with Gasteiger partial charge in [0, 0.05) is 5.54 Å². The van der Waals surface area contributed by atoms with Gasteiger partial charge in [0.15, 0.2) is 0 Å². The molecule has 70 valence electrons. The Labute approximate surface area is 72.6 Å². The van der Waals surface area contributed by atoms with Crippen molar-refractivity contribution in [1.82, 2.24) is 5.43 Å². The Bertz CT molecular complexity index is 179. The van der Waals surface area contributed by atoms with Crippen LogP contribution in [0.1, 0.15) is 32.6 Å². The van der Waals surface area contributed by atoms with Crippen LogP contribution in [0.3, 0.4) is 0 Å². The van der Waals surface area contributed by atoms with Crippen LogP contribution in [0.15, 0.2) is 0 Å². The van der Waals surface area contributed by atoms with Gasteiger partial charge in [0.1, 0.15) is 0 Å². The van der Waals surface area contributed by atoms with E-state index in [4.69, 9.17) is 11.6 Å². The van der Waals surface area contributed by atoms with Crippen LogP contribution in [0.5, 0.6) is 0 Å². The van der Waals surface area contributed by atoms with Gasteiger partial charge in [0.2, 0.25) is 5.91 Å². The van der Waals surface area contributed by atoms with E-state index in [1.54, 1.807) is 0 Å². The molecule has 5 N–H and O–H groups in total. The van der Waals surface area contributed by atoms with Crippen LogP contribution in [-0.2, 0) is 4.79 Å². The molecular formula is C8H17N3O. The number of amides is 1. The standard InChI is InChI=1S/C8H17N3O/c1-8(9)5-3-2-4-6(8)7(12)11-10/h6H,2-5,9-10H2,1H3,(H,11,12). The quantitative estimate of drug-likeness (QED) is 0.292. The molecule has 2 unspecified atom stereocenters. The van der Waals surface area contributed by atoms with Crippen LogP contribution in [0, 0.1) is 5.92 Å². The van der Waals surface area contributed by atoms with Crippen molar-refractivity contribution in [1.29, 1.82) is 0 Å². The van der Waals surface area contributed by atoms with Crippen molar-refractivity contribution < 1.29 is 4.79 Å². The Hall–Kier alpha value is -0.610. The van der Waals surface area contributed by atoms with E-state index in [1.165, 1.54) is 0 Å². The van der Waals surface area contributed by atoms with Crippen molar-refractivity contribution in [3.8, 4) is 0 Å². The van der Waals surface area contributed by atoms with Crippen molar-refractivity contribution >= 4 is 5.91 Å². The molecule has 0 bridgehead atoms. The van der Waals surface area contributed by atoms with E-state index in [-0.39, 0.29) is 17.4 Å². The topological polar surface area (TPSA) is 81.1 Å². The third-order valence-electron chi connectivity index (χ3n) is 2.71. The highest BCUT2D eigenvalue weighted by Crippen LogP contribution is 2.31. The third-order valence-corrected chi connectivity index (χ3v) is 2.71. The van der Waals surface area contributed by atoms with Gasteiger partial charge in [-0.3, -0.25) is 10.2 Å². The lowest BCUT2D eigenvalue weighted by atomic mass is 9.74. The molecular weight excluding hydrogens is 154 g/mol. The van der Waals surface area contributed by atoms with Crippen molar-refractivity contribution in [2.75, 3.05) is 0 Å². The highest BCUT2D eigenvalue weighted by atomic mass is 16.2. The van der Waals surface area contributed by atoms with Gasteiger partial charge in [-0.25, -0.2) is 5.84 Å². The minimum absolute atomic E-state index is 0.115. The SMILES string of the molecule is CC1(N)CCCCC1C(=O)NN. The van der Waals surface area contributed by atoms with E-state index in [1.807, 2.05) is 6.92 Å². The van der Waals surface area contributed by atoms with E-state index >= 15 is 0 Å². The molecule has 1 amide bonds. The Morgan fingerprint density at radius 1 is 1.58 bits per heavy atom. The van der Waals surface area contributed by atoms with Crippen LogP contribution in [-0.4, -0.2) is 11.4 Å². The maximum atomic E-state index is 11.3.